The van der Waals surface area contributed by atoms with Crippen LogP contribution in [0.5, 0.6) is 0 Å². The van der Waals surface area contributed by atoms with Gasteiger partial charge in [0.15, 0.2) is 0 Å². The van der Waals surface area contributed by atoms with Crippen LogP contribution in [0.25, 0.3) is 0 Å². The van der Waals surface area contributed by atoms with Gasteiger partial charge in [-0.3, -0.25) is 0 Å². The van der Waals surface area contributed by atoms with Gasteiger partial charge < -0.3 is 8.83 Å². The van der Waals surface area contributed by atoms with E-state index in [0.29, 0.717) is 11.3 Å². The molecule has 21 heavy (non-hydrogen) atoms. The first-order chi connectivity index (χ1) is 10.1. The molecule has 2 heteroatoms. The standard InChI is InChI=1S/C19H28O2/c1-16(19(2,3)15-18-12-8-14-21-18)9-5-4-6-10-17-11-7-13-20-17/h7-8,11-14,16H,4-6,9-10,15H2,1-3H3. The minimum absolute atomic E-state index is 0.291. The molecule has 0 saturated heterocycles. The molecule has 1 unspecified atom stereocenters. The molecular formula is C19H28O2. The van der Waals surface area contributed by atoms with Crippen molar-refractivity contribution in [3.05, 3.63) is 48.3 Å². The van der Waals surface area contributed by atoms with Gasteiger partial charge in [-0.15, -0.1) is 0 Å². The summed E-state index contributed by atoms with van der Waals surface area (Å²) >= 11 is 0. The van der Waals surface area contributed by atoms with Crippen LogP contribution < -0.4 is 0 Å². The molecule has 0 spiro atoms. The van der Waals surface area contributed by atoms with E-state index in [9.17, 15) is 0 Å². The van der Waals surface area contributed by atoms with Crippen LogP contribution in [0, 0.1) is 11.3 Å². The van der Waals surface area contributed by atoms with E-state index < -0.39 is 0 Å². The lowest BCUT2D eigenvalue weighted by atomic mass is 9.74. The van der Waals surface area contributed by atoms with Gasteiger partial charge in [-0.2, -0.15) is 0 Å². The fourth-order valence-electron chi connectivity index (χ4n) is 2.81. The van der Waals surface area contributed by atoms with Crippen molar-refractivity contribution in [3.63, 3.8) is 0 Å². The number of hydrogen-bond donors (Lipinski definition) is 0. The molecule has 2 aromatic rings. The lowest BCUT2D eigenvalue weighted by Gasteiger charge is -2.31. The van der Waals surface area contributed by atoms with Crippen LogP contribution in [0.2, 0.25) is 0 Å². The highest BCUT2D eigenvalue weighted by molar-refractivity contribution is 5.01. The average Bonchev–Trinajstić information content (AvgIpc) is 3.11. The van der Waals surface area contributed by atoms with Gasteiger partial charge in [-0.05, 0) is 42.0 Å². The Hall–Kier alpha value is -1.44. The Morgan fingerprint density at radius 2 is 1.62 bits per heavy atom. The Kier molecular flexibility index (Phi) is 5.72. The van der Waals surface area contributed by atoms with Crippen LogP contribution in [-0.2, 0) is 12.8 Å². The monoisotopic (exact) mass is 288 g/mol. The van der Waals surface area contributed by atoms with Crippen LogP contribution in [0.15, 0.2) is 45.6 Å². The summed E-state index contributed by atoms with van der Waals surface area (Å²) in [6.07, 6.45) is 10.7. The molecule has 0 aliphatic rings. The molecule has 0 aliphatic carbocycles. The highest BCUT2D eigenvalue weighted by Crippen LogP contribution is 2.34. The maximum atomic E-state index is 5.49. The Morgan fingerprint density at radius 1 is 0.952 bits per heavy atom. The summed E-state index contributed by atoms with van der Waals surface area (Å²) in [7, 11) is 0. The number of furan rings is 2. The minimum atomic E-state index is 0.291. The molecule has 2 heterocycles. The van der Waals surface area contributed by atoms with E-state index >= 15 is 0 Å². The highest BCUT2D eigenvalue weighted by atomic mass is 16.3. The topological polar surface area (TPSA) is 26.3 Å². The minimum Gasteiger partial charge on any atom is -0.469 e. The Labute approximate surface area is 128 Å². The number of aryl methyl sites for hydroxylation is 1. The zero-order valence-electron chi connectivity index (χ0n) is 13.6. The van der Waals surface area contributed by atoms with Gasteiger partial charge in [0.1, 0.15) is 11.5 Å². The van der Waals surface area contributed by atoms with Crippen molar-refractivity contribution in [1.29, 1.82) is 0 Å². The smallest absolute Gasteiger partial charge is 0.104 e. The van der Waals surface area contributed by atoms with E-state index in [1.807, 2.05) is 12.1 Å². The number of rotatable bonds is 9. The predicted molar refractivity (Wildman–Crippen MR) is 86.2 cm³/mol. The average molecular weight is 288 g/mol. The molecule has 0 saturated carbocycles. The molecule has 0 aliphatic heterocycles. The summed E-state index contributed by atoms with van der Waals surface area (Å²) in [4.78, 5) is 0. The Balaban J connectivity index is 1.64. The van der Waals surface area contributed by atoms with Gasteiger partial charge in [0.25, 0.3) is 0 Å². The van der Waals surface area contributed by atoms with Crippen LogP contribution in [0.1, 0.15) is 58.0 Å². The van der Waals surface area contributed by atoms with Gasteiger partial charge in [0, 0.05) is 12.8 Å². The van der Waals surface area contributed by atoms with E-state index in [1.54, 1.807) is 12.5 Å². The number of unbranched alkanes of at least 4 members (excludes halogenated alkanes) is 2. The summed E-state index contributed by atoms with van der Waals surface area (Å²) in [6.45, 7) is 7.07. The van der Waals surface area contributed by atoms with Crippen molar-refractivity contribution in [2.75, 3.05) is 0 Å². The SMILES string of the molecule is CC(CCCCCc1ccco1)C(C)(C)Cc1ccco1. The first kappa shape index (κ1) is 15.9. The molecule has 0 amide bonds. The lowest BCUT2D eigenvalue weighted by molar-refractivity contribution is 0.199. The van der Waals surface area contributed by atoms with Gasteiger partial charge in [-0.25, -0.2) is 0 Å². The predicted octanol–water partition coefficient (Wildman–Crippen LogP) is 5.88. The van der Waals surface area contributed by atoms with Crippen LogP contribution in [0.4, 0.5) is 0 Å². The maximum Gasteiger partial charge on any atom is 0.104 e. The van der Waals surface area contributed by atoms with Crippen molar-refractivity contribution in [2.45, 2.75) is 59.3 Å². The summed E-state index contributed by atoms with van der Waals surface area (Å²) in [5, 5.41) is 0. The van der Waals surface area contributed by atoms with E-state index in [1.165, 1.54) is 25.7 Å². The van der Waals surface area contributed by atoms with Crippen molar-refractivity contribution in [3.8, 4) is 0 Å². The molecule has 0 fully saturated rings. The third-order valence-corrected chi connectivity index (χ3v) is 4.68. The Morgan fingerprint density at radius 3 is 2.24 bits per heavy atom. The Bertz CT molecular complexity index is 480. The molecule has 0 radical (unpaired) electrons. The lowest BCUT2D eigenvalue weighted by Crippen LogP contribution is -2.24. The largest absolute Gasteiger partial charge is 0.469 e. The molecule has 2 nitrogen and oxygen atoms in total. The van der Waals surface area contributed by atoms with Crippen molar-refractivity contribution in [2.24, 2.45) is 11.3 Å². The van der Waals surface area contributed by atoms with Gasteiger partial charge in [-0.1, -0.05) is 40.0 Å². The van der Waals surface area contributed by atoms with Gasteiger partial charge in [0.2, 0.25) is 0 Å². The first-order valence-electron chi connectivity index (χ1n) is 8.13. The second-order valence-corrected chi connectivity index (χ2v) is 6.82. The molecule has 2 aromatic heterocycles. The molecule has 2 rings (SSSR count). The summed E-state index contributed by atoms with van der Waals surface area (Å²) in [5.41, 5.74) is 0.291. The zero-order chi connectivity index (χ0) is 15.1. The van der Waals surface area contributed by atoms with Crippen molar-refractivity contribution in [1.82, 2.24) is 0 Å². The normalized spacial score (nSPS) is 13.5. The molecule has 0 N–H and O–H groups in total. The molecule has 0 bridgehead atoms. The second kappa shape index (κ2) is 7.53. The van der Waals surface area contributed by atoms with E-state index in [4.69, 9.17) is 8.83 Å². The third kappa shape index (κ3) is 5.11. The molecular weight excluding hydrogens is 260 g/mol. The van der Waals surface area contributed by atoms with Gasteiger partial charge in [0.05, 0.1) is 12.5 Å². The highest BCUT2D eigenvalue weighted by Gasteiger charge is 2.26. The summed E-state index contributed by atoms with van der Waals surface area (Å²) < 4.78 is 10.9. The summed E-state index contributed by atoms with van der Waals surface area (Å²) in [6, 6.07) is 8.09. The van der Waals surface area contributed by atoms with Crippen molar-refractivity contribution >= 4 is 0 Å². The third-order valence-electron chi connectivity index (χ3n) is 4.68. The second-order valence-electron chi connectivity index (χ2n) is 6.82. The molecule has 116 valence electrons. The fraction of sp³-hybridized carbons (Fsp3) is 0.579. The fourth-order valence-corrected chi connectivity index (χ4v) is 2.81. The summed E-state index contributed by atoms with van der Waals surface area (Å²) in [5.74, 6) is 2.91. The number of hydrogen-bond acceptors (Lipinski definition) is 2. The van der Waals surface area contributed by atoms with Crippen LogP contribution in [-0.4, -0.2) is 0 Å². The van der Waals surface area contributed by atoms with Crippen molar-refractivity contribution < 1.29 is 8.83 Å². The maximum absolute atomic E-state index is 5.49. The quantitative estimate of drug-likeness (QED) is 0.538. The van der Waals surface area contributed by atoms with Gasteiger partial charge >= 0.3 is 0 Å². The molecule has 1 atom stereocenters. The van der Waals surface area contributed by atoms with E-state index in [2.05, 4.69) is 32.9 Å². The molecule has 0 aromatic carbocycles. The van der Waals surface area contributed by atoms with Crippen LogP contribution in [0.3, 0.4) is 0 Å². The van der Waals surface area contributed by atoms with E-state index in [0.717, 1.165) is 24.4 Å². The first-order valence-corrected chi connectivity index (χ1v) is 8.13. The van der Waals surface area contributed by atoms with E-state index in [-0.39, 0.29) is 0 Å². The zero-order valence-corrected chi connectivity index (χ0v) is 13.6. The van der Waals surface area contributed by atoms with Crippen LogP contribution >= 0.6 is 0 Å².